The molecule has 13 heteroatoms. The summed E-state index contributed by atoms with van der Waals surface area (Å²) in [7, 11) is 0. The molecule has 1 saturated heterocycles. The second kappa shape index (κ2) is 14.5. The largest absolute Gasteiger partial charge is 0.482 e. The number of hydrogen-bond donors (Lipinski definition) is 2. The number of carbonyl (C=O) groups is 3. The second-order valence-electron chi connectivity index (χ2n) is 11.0. The lowest BCUT2D eigenvalue weighted by Gasteiger charge is -2.40. The van der Waals surface area contributed by atoms with Crippen LogP contribution in [0.5, 0.6) is 5.75 Å². The first-order valence-electron chi connectivity index (χ1n) is 14.8. The van der Waals surface area contributed by atoms with Crippen molar-refractivity contribution in [2.75, 3.05) is 38.0 Å². The fourth-order valence-electron chi connectivity index (χ4n) is 5.26. The number of carbonyl (C=O) groups excluding carboxylic acids is 3. The Balaban J connectivity index is 1.72. The highest BCUT2D eigenvalue weighted by Crippen LogP contribution is 2.32. The van der Waals surface area contributed by atoms with Gasteiger partial charge in [0.25, 0.3) is 11.8 Å². The van der Waals surface area contributed by atoms with Crippen LogP contribution in [0.2, 0.25) is 0 Å². The number of hydrogen-bond acceptors (Lipinski definition) is 7. The zero-order valence-corrected chi connectivity index (χ0v) is 26.1. The summed E-state index contributed by atoms with van der Waals surface area (Å²) in [5, 5.41) is 5.48. The molecule has 0 unspecified atom stereocenters. The van der Waals surface area contributed by atoms with Gasteiger partial charge >= 0.3 is 6.18 Å². The van der Waals surface area contributed by atoms with E-state index in [4.69, 9.17) is 4.74 Å². The number of nitrogens with zero attached hydrogens (tertiary/aromatic N) is 4. The molecule has 2 aromatic heterocycles. The molecule has 2 atom stereocenters. The Hall–Kier alpha value is -4.78. The third kappa shape index (κ3) is 8.08. The fraction of sp³-hybridized carbons (Fsp3) is 0.364. The summed E-state index contributed by atoms with van der Waals surface area (Å²) in [6, 6.07) is 9.85. The van der Waals surface area contributed by atoms with Gasteiger partial charge in [-0.1, -0.05) is 18.7 Å². The van der Waals surface area contributed by atoms with Gasteiger partial charge in [0.1, 0.15) is 17.3 Å². The topological polar surface area (TPSA) is 117 Å². The number of pyridine rings is 2. The van der Waals surface area contributed by atoms with Gasteiger partial charge in [-0.05, 0) is 75.2 Å². The van der Waals surface area contributed by atoms with E-state index >= 15 is 0 Å². The fourth-order valence-corrected chi connectivity index (χ4v) is 5.26. The molecular formula is C33H37F3N6O4. The number of piperazine rings is 1. The number of rotatable bonds is 10. The van der Waals surface area contributed by atoms with Crippen LogP contribution in [-0.2, 0) is 11.0 Å². The van der Waals surface area contributed by atoms with Gasteiger partial charge in [0.15, 0.2) is 6.10 Å². The van der Waals surface area contributed by atoms with Crippen molar-refractivity contribution in [1.29, 1.82) is 0 Å². The van der Waals surface area contributed by atoms with E-state index in [1.807, 2.05) is 11.8 Å². The summed E-state index contributed by atoms with van der Waals surface area (Å²) in [5.74, 6) is -0.780. The predicted octanol–water partition coefficient (Wildman–Crippen LogP) is 4.95. The molecule has 1 fully saturated rings. The second-order valence-corrected chi connectivity index (χ2v) is 11.0. The Morgan fingerprint density at radius 1 is 1.09 bits per heavy atom. The Bertz CT molecular complexity index is 1610. The van der Waals surface area contributed by atoms with Crippen molar-refractivity contribution in [1.82, 2.24) is 25.1 Å². The van der Waals surface area contributed by atoms with Crippen molar-refractivity contribution in [2.24, 2.45) is 0 Å². The molecule has 46 heavy (non-hydrogen) atoms. The molecular weight excluding hydrogens is 601 g/mol. The molecule has 3 aromatic rings. The molecule has 0 saturated carbocycles. The number of nitrogens with one attached hydrogen (secondary N) is 2. The van der Waals surface area contributed by atoms with E-state index in [0.29, 0.717) is 31.0 Å². The molecule has 3 heterocycles. The molecule has 0 radical (unpaired) electrons. The first kappa shape index (κ1) is 34.1. The monoisotopic (exact) mass is 638 g/mol. The minimum Gasteiger partial charge on any atom is -0.482 e. The van der Waals surface area contributed by atoms with Gasteiger partial charge in [-0.25, -0.2) is 9.97 Å². The van der Waals surface area contributed by atoms with Crippen LogP contribution in [0.4, 0.5) is 19.0 Å². The summed E-state index contributed by atoms with van der Waals surface area (Å²) in [4.78, 5) is 50.6. The lowest BCUT2D eigenvalue weighted by Crippen LogP contribution is -2.54. The summed E-state index contributed by atoms with van der Waals surface area (Å²) in [5.41, 5.74) is 0.378. The van der Waals surface area contributed by atoms with E-state index in [1.165, 1.54) is 30.3 Å². The van der Waals surface area contributed by atoms with Gasteiger partial charge < -0.3 is 20.3 Å². The van der Waals surface area contributed by atoms with E-state index in [0.717, 1.165) is 11.6 Å². The zero-order valence-electron chi connectivity index (χ0n) is 26.1. The first-order valence-corrected chi connectivity index (χ1v) is 14.8. The highest BCUT2D eigenvalue weighted by Gasteiger charge is 2.35. The number of aryl methyl sites for hydroxylation is 2. The number of aromatic nitrogens is 2. The number of benzene rings is 1. The molecule has 0 aliphatic carbocycles. The lowest BCUT2D eigenvalue weighted by molar-refractivity contribution is -0.141. The molecule has 0 bridgehead atoms. The SMILES string of the molecule is C=CC(=O)N1CCN(C[C@H](Oc2cc(C)c(C(=O)Nc3ncccc3C)cc2C(=O)NCC)c2cccc(C(F)(F)F)n2)C[C@H]1C. The molecule has 1 aromatic carbocycles. The van der Waals surface area contributed by atoms with Crippen molar-refractivity contribution >= 4 is 23.5 Å². The summed E-state index contributed by atoms with van der Waals surface area (Å²) < 4.78 is 47.4. The maximum absolute atomic E-state index is 13.7. The van der Waals surface area contributed by atoms with Crippen LogP contribution >= 0.6 is 0 Å². The standard InChI is InChI=1S/C33H37F3N6O4/c1-6-29(43)42-15-14-41(18-22(42)5)19-27(25-11-8-12-28(39-25)33(34,35)36)46-26-16-21(4)23(17-24(26)31(44)37-7-2)32(45)40-30-20(3)10-9-13-38-30/h6,8-13,16-17,22,27H,1,7,14-15,18-19H2,2-5H3,(H,37,44)(H,38,40,45)/t22-,27+/m1/s1. The molecule has 1 aliphatic heterocycles. The quantitative estimate of drug-likeness (QED) is 0.302. The van der Waals surface area contributed by atoms with Gasteiger partial charge in [0.2, 0.25) is 5.91 Å². The highest BCUT2D eigenvalue weighted by atomic mass is 19.4. The van der Waals surface area contributed by atoms with Gasteiger partial charge in [-0.2, -0.15) is 13.2 Å². The van der Waals surface area contributed by atoms with Gasteiger partial charge in [-0.3, -0.25) is 19.3 Å². The summed E-state index contributed by atoms with van der Waals surface area (Å²) >= 11 is 0. The predicted molar refractivity (Wildman–Crippen MR) is 167 cm³/mol. The Kier molecular flexibility index (Phi) is 10.8. The average molecular weight is 639 g/mol. The normalized spacial score (nSPS) is 16.0. The van der Waals surface area contributed by atoms with Crippen molar-refractivity contribution < 1.29 is 32.3 Å². The van der Waals surface area contributed by atoms with Crippen LogP contribution in [-0.4, -0.2) is 76.3 Å². The van der Waals surface area contributed by atoms with Crippen LogP contribution in [0.3, 0.4) is 0 Å². The van der Waals surface area contributed by atoms with Crippen molar-refractivity contribution in [3.05, 3.63) is 95.0 Å². The average Bonchev–Trinajstić information content (AvgIpc) is 3.01. The minimum absolute atomic E-state index is 0.0130. The van der Waals surface area contributed by atoms with Crippen molar-refractivity contribution in [2.45, 2.75) is 46.0 Å². The number of anilines is 1. The van der Waals surface area contributed by atoms with Crippen LogP contribution < -0.4 is 15.4 Å². The Labute approximate surface area is 265 Å². The molecule has 244 valence electrons. The van der Waals surface area contributed by atoms with E-state index in [1.54, 1.807) is 44.0 Å². The molecule has 1 aliphatic rings. The Morgan fingerprint density at radius 3 is 2.50 bits per heavy atom. The zero-order chi connectivity index (χ0) is 33.6. The molecule has 4 rings (SSSR count). The van der Waals surface area contributed by atoms with Gasteiger partial charge in [-0.15, -0.1) is 0 Å². The molecule has 2 N–H and O–H groups in total. The van der Waals surface area contributed by atoms with Crippen LogP contribution in [0.1, 0.15) is 63.2 Å². The molecule has 0 spiro atoms. The van der Waals surface area contributed by atoms with E-state index in [2.05, 4.69) is 27.2 Å². The van der Waals surface area contributed by atoms with Crippen molar-refractivity contribution in [3.8, 4) is 5.75 Å². The number of amides is 3. The molecule has 3 amide bonds. The minimum atomic E-state index is -4.69. The molecule has 10 nitrogen and oxygen atoms in total. The maximum Gasteiger partial charge on any atom is 0.433 e. The van der Waals surface area contributed by atoms with Gasteiger partial charge in [0, 0.05) is 50.5 Å². The van der Waals surface area contributed by atoms with E-state index < -0.39 is 29.8 Å². The van der Waals surface area contributed by atoms with Crippen molar-refractivity contribution in [3.63, 3.8) is 0 Å². The van der Waals surface area contributed by atoms with E-state index in [-0.39, 0.29) is 47.6 Å². The van der Waals surface area contributed by atoms with E-state index in [9.17, 15) is 27.6 Å². The van der Waals surface area contributed by atoms with Crippen LogP contribution in [0.25, 0.3) is 0 Å². The van der Waals surface area contributed by atoms with Crippen LogP contribution in [0, 0.1) is 13.8 Å². The summed E-state index contributed by atoms with van der Waals surface area (Å²) in [6.45, 7) is 12.3. The van der Waals surface area contributed by atoms with Gasteiger partial charge in [0.05, 0.1) is 11.3 Å². The number of halogens is 3. The third-order valence-electron chi connectivity index (χ3n) is 7.65. The summed E-state index contributed by atoms with van der Waals surface area (Å²) in [6.07, 6.45) is -2.93. The highest BCUT2D eigenvalue weighted by molar-refractivity contribution is 6.07. The first-order chi connectivity index (χ1) is 21.8. The smallest absolute Gasteiger partial charge is 0.433 e. The maximum atomic E-state index is 13.7. The lowest BCUT2D eigenvalue weighted by atomic mass is 10.0. The number of ether oxygens (including phenoxy) is 1. The third-order valence-corrected chi connectivity index (χ3v) is 7.65. The number of alkyl halides is 3. The van der Waals surface area contributed by atoms with Crippen LogP contribution in [0.15, 0.2) is 61.3 Å². The Morgan fingerprint density at radius 2 is 1.85 bits per heavy atom.